The van der Waals surface area contributed by atoms with Crippen LogP contribution < -0.4 is 5.43 Å². The molecule has 0 unspecified atom stereocenters. The molecule has 5 nitrogen and oxygen atoms in total. The Kier molecular flexibility index (Phi) is 3.86. The van der Waals surface area contributed by atoms with Crippen LogP contribution in [0, 0.1) is 0 Å². The molecule has 3 heterocycles. The fourth-order valence-corrected chi connectivity index (χ4v) is 3.36. The maximum atomic E-state index is 4.67. The van der Waals surface area contributed by atoms with E-state index in [0.717, 1.165) is 37.7 Å². The van der Waals surface area contributed by atoms with E-state index in [9.17, 15) is 0 Å². The molecular formula is C19H23N5. The van der Waals surface area contributed by atoms with Gasteiger partial charge in [0.15, 0.2) is 0 Å². The summed E-state index contributed by atoms with van der Waals surface area (Å²) in [5.41, 5.74) is 8.34. The van der Waals surface area contributed by atoms with Gasteiger partial charge in [-0.2, -0.15) is 0 Å². The highest BCUT2D eigenvalue weighted by atomic mass is 15.6. The van der Waals surface area contributed by atoms with E-state index in [2.05, 4.69) is 75.6 Å². The Morgan fingerprint density at radius 1 is 1.21 bits per heavy atom. The van der Waals surface area contributed by atoms with Gasteiger partial charge in [0.1, 0.15) is 18.2 Å². The zero-order chi connectivity index (χ0) is 16.5. The first-order valence-electron chi connectivity index (χ1n) is 8.48. The van der Waals surface area contributed by atoms with E-state index >= 15 is 0 Å². The maximum absolute atomic E-state index is 4.67. The van der Waals surface area contributed by atoms with Gasteiger partial charge in [-0.15, -0.1) is 0 Å². The maximum Gasteiger partial charge on any atom is 0.137 e. The molecule has 1 aromatic rings. The number of likely N-dealkylation sites (N-methyl/N-ethyl adjacent to an activating group) is 1. The number of hydrogen-bond acceptors (Lipinski definition) is 5. The summed E-state index contributed by atoms with van der Waals surface area (Å²) in [4.78, 5) is 9.41. The zero-order valence-corrected chi connectivity index (χ0v) is 14.2. The van der Waals surface area contributed by atoms with Crippen LogP contribution in [0.4, 0.5) is 0 Å². The molecule has 24 heavy (non-hydrogen) atoms. The van der Waals surface area contributed by atoms with Crippen LogP contribution in [0.1, 0.15) is 19.4 Å². The highest BCUT2D eigenvalue weighted by Gasteiger charge is 2.32. The molecule has 0 spiro atoms. The van der Waals surface area contributed by atoms with Crippen LogP contribution in [-0.4, -0.2) is 40.8 Å². The lowest BCUT2D eigenvalue weighted by Crippen LogP contribution is -2.42. The summed E-state index contributed by atoms with van der Waals surface area (Å²) in [7, 11) is 0. The number of rotatable bonds is 4. The molecule has 0 aromatic heterocycles. The van der Waals surface area contributed by atoms with E-state index in [4.69, 9.17) is 0 Å². The fraction of sp³-hybridized carbons (Fsp3) is 0.316. The van der Waals surface area contributed by atoms with Gasteiger partial charge in [0.2, 0.25) is 0 Å². The van der Waals surface area contributed by atoms with Crippen LogP contribution in [0.25, 0.3) is 0 Å². The van der Waals surface area contributed by atoms with Crippen molar-refractivity contribution in [1.29, 1.82) is 0 Å². The van der Waals surface area contributed by atoms with Gasteiger partial charge in [-0.25, -0.2) is 5.43 Å². The van der Waals surface area contributed by atoms with Crippen LogP contribution >= 0.6 is 0 Å². The van der Waals surface area contributed by atoms with E-state index in [-0.39, 0.29) is 0 Å². The lowest BCUT2D eigenvalue weighted by Gasteiger charge is -2.38. The minimum atomic E-state index is 0.802. The van der Waals surface area contributed by atoms with Gasteiger partial charge in [0.25, 0.3) is 0 Å². The van der Waals surface area contributed by atoms with E-state index in [1.54, 1.807) is 0 Å². The molecule has 1 aromatic carbocycles. The smallest absolute Gasteiger partial charge is 0.137 e. The second kappa shape index (κ2) is 6.17. The van der Waals surface area contributed by atoms with E-state index in [0.29, 0.717) is 0 Å². The Morgan fingerprint density at radius 3 is 2.83 bits per heavy atom. The average Bonchev–Trinajstić information content (AvgIpc) is 3.03. The van der Waals surface area contributed by atoms with E-state index in [1.807, 2.05) is 12.3 Å². The van der Waals surface area contributed by atoms with Crippen LogP contribution in [0.2, 0.25) is 0 Å². The first kappa shape index (κ1) is 15.0. The van der Waals surface area contributed by atoms with Gasteiger partial charge in [-0.1, -0.05) is 35.9 Å². The summed E-state index contributed by atoms with van der Waals surface area (Å²) in [6.45, 7) is 7.96. The van der Waals surface area contributed by atoms with Crippen molar-refractivity contribution in [3.05, 3.63) is 71.0 Å². The van der Waals surface area contributed by atoms with Crippen LogP contribution in [-0.2, 0) is 6.54 Å². The second-order valence-corrected chi connectivity index (χ2v) is 6.39. The normalized spacial score (nSPS) is 19.3. The van der Waals surface area contributed by atoms with Crippen molar-refractivity contribution >= 4 is 6.21 Å². The first-order valence-corrected chi connectivity index (χ1v) is 8.48. The number of fused-ring (bicyclic) bond motifs is 2. The van der Waals surface area contributed by atoms with Crippen molar-refractivity contribution in [3.8, 4) is 0 Å². The standard InChI is InChI=1S/C19H23N5/c1-3-22-12-15(2)9-18-19(22)24-14-23(13-17(24)11-20-18)21-10-16-7-5-4-6-8-16/h4-9,11,13,21H,3,10,12,14H2,1-2H3. The Hall–Kier alpha value is -2.53. The van der Waals surface area contributed by atoms with Crippen molar-refractivity contribution < 1.29 is 0 Å². The molecule has 0 fully saturated rings. The Labute approximate surface area is 143 Å². The molecule has 0 bridgehead atoms. The zero-order valence-electron chi connectivity index (χ0n) is 14.2. The predicted molar refractivity (Wildman–Crippen MR) is 96.4 cm³/mol. The number of benzene rings is 1. The lowest BCUT2D eigenvalue weighted by molar-refractivity contribution is 0.181. The molecular weight excluding hydrogens is 298 g/mol. The number of nitrogens with one attached hydrogen (secondary N) is 1. The molecule has 4 rings (SSSR count). The second-order valence-electron chi connectivity index (χ2n) is 6.39. The van der Waals surface area contributed by atoms with E-state index in [1.165, 1.54) is 17.0 Å². The minimum Gasteiger partial charge on any atom is -0.352 e. The summed E-state index contributed by atoms with van der Waals surface area (Å²) >= 11 is 0. The molecule has 1 N–H and O–H groups in total. The molecule has 0 saturated heterocycles. The molecule has 0 radical (unpaired) electrons. The van der Waals surface area contributed by atoms with Gasteiger partial charge in [-0.3, -0.25) is 10.0 Å². The Balaban J connectivity index is 1.51. The molecule has 0 aliphatic carbocycles. The van der Waals surface area contributed by atoms with Crippen molar-refractivity contribution in [2.45, 2.75) is 20.4 Å². The quantitative estimate of drug-likeness (QED) is 0.924. The highest BCUT2D eigenvalue weighted by Crippen LogP contribution is 2.32. The number of hydrazine groups is 1. The van der Waals surface area contributed by atoms with Gasteiger partial charge in [0.05, 0.1) is 11.9 Å². The number of nitrogens with zero attached hydrogens (tertiary/aromatic N) is 4. The average molecular weight is 321 g/mol. The van der Waals surface area contributed by atoms with Gasteiger partial charge >= 0.3 is 0 Å². The molecule has 0 amide bonds. The molecule has 3 aliphatic heterocycles. The van der Waals surface area contributed by atoms with Crippen LogP contribution in [0.15, 0.2) is 70.4 Å². The van der Waals surface area contributed by atoms with E-state index < -0.39 is 0 Å². The van der Waals surface area contributed by atoms with Crippen LogP contribution in [0.5, 0.6) is 0 Å². The third-order valence-corrected chi connectivity index (χ3v) is 4.55. The molecule has 5 heteroatoms. The number of aliphatic imine (C=N–C) groups is 1. The van der Waals surface area contributed by atoms with Gasteiger partial charge in [-0.05, 0) is 25.5 Å². The highest BCUT2D eigenvalue weighted by molar-refractivity contribution is 5.81. The van der Waals surface area contributed by atoms with Crippen molar-refractivity contribution in [3.63, 3.8) is 0 Å². The minimum absolute atomic E-state index is 0.802. The molecule has 124 valence electrons. The molecule has 0 saturated carbocycles. The number of allylic oxidation sites excluding steroid dienone is 2. The summed E-state index contributed by atoms with van der Waals surface area (Å²) in [6, 6.07) is 10.5. The predicted octanol–water partition coefficient (Wildman–Crippen LogP) is 2.64. The van der Waals surface area contributed by atoms with Gasteiger partial charge in [0, 0.05) is 25.8 Å². The Morgan fingerprint density at radius 2 is 2.04 bits per heavy atom. The van der Waals surface area contributed by atoms with Crippen molar-refractivity contribution in [2.75, 3.05) is 19.8 Å². The summed E-state index contributed by atoms with van der Waals surface area (Å²) < 4.78 is 0. The largest absolute Gasteiger partial charge is 0.352 e. The first-order chi connectivity index (χ1) is 11.7. The van der Waals surface area contributed by atoms with Crippen molar-refractivity contribution in [2.24, 2.45) is 4.99 Å². The fourth-order valence-electron chi connectivity index (χ4n) is 3.36. The Bertz CT molecular complexity index is 744. The van der Waals surface area contributed by atoms with Crippen LogP contribution in [0.3, 0.4) is 0 Å². The summed E-state index contributed by atoms with van der Waals surface area (Å²) in [5.74, 6) is 1.22. The lowest BCUT2D eigenvalue weighted by atomic mass is 10.1. The molecule has 0 atom stereocenters. The van der Waals surface area contributed by atoms with Gasteiger partial charge < -0.3 is 9.80 Å². The third-order valence-electron chi connectivity index (χ3n) is 4.55. The number of hydrogen-bond donors (Lipinski definition) is 1. The summed E-state index contributed by atoms with van der Waals surface area (Å²) in [5, 5.41) is 2.14. The molecule has 3 aliphatic rings. The third kappa shape index (κ3) is 2.71. The monoisotopic (exact) mass is 321 g/mol. The van der Waals surface area contributed by atoms with Crippen molar-refractivity contribution in [1.82, 2.24) is 20.2 Å². The topological polar surface area (TPSA) is 34.1 Å². The SMILES string of the molecule is CCN1CC(C)=CC2=C1N1CN(NCc3ccccc3)C=C1C=N2. The summed E-state index contributed by atoms with van der Waals surface area (Å²) in [6.07, 6.45) is 6.30.